The smallest absolute Gasteiger partial charge is 0.268 e. The third kappa shape index (κ3) is 2.82. The highest BCUT2D eigenvalue weighted by atomic mass is 32.2. The number of aryl methyl sites for hydroxylation is 1. The lowest BCUT2D eigenvalue weighted by molar-refractivity contribution is 0.589. The van der Waals surface area contributed by atoms with Crippen LogP contribution in [0.25, 0.3) is 33.1 Å². The number of nitrogens with one attached hydrogen (secondary N) is 1. The minimum Gasteiger partial charge on any atom is -0.342 e. The summed E-state index contributed by atoms with van der Waals surface area (Å²) in [6, 6.07) is 18.0. The van der Waals surface area contributed by atoms with Gasteiger partial charge >= 0.3 is 0 Å². The normalized spacial score (nSPS) is 12.1. The Morgan fingerprint density at radius 2 is 1.79 bits per heavy atom. The van der Waals surface area contributed by atoms with E-state index in [9.17, 15) is 12.8 Å². The zero-order valence-corrected chi connectivity index (χ0v) is 16.2. The van der Waals surface area contributed by atoms with Crippen molar-refractivity contribution in [3.8, 4) is 11.1 Å². The van der Waals surface area contributed by atoms with Gasteiger partial charge in [-0.2, -0.15) is 0 Å². The number of nitrogens with zero attached hydrogens (tertiary/aromatic N) is 2. The molecule has 7 heteroatoms. The maximum atomic E-state index is 14.0. The van der Waals surface area contributed by atoms with Gasteiger partial charge in [-0.1, -0.05) is 24.3 Å². The van der Waals surface area contributed by atoms with E-state index in [0.29, 0.717) is 16.5 Å². The largest absolute Gasteiger partial charge is 0.342 e. The summed E-state index contributed by atoms with van der Waals surface area (Å²) < 4.78 is 41.6. The number of rotatable bonds is 3. The van der Waals surface area contributed by atoms with E-state index in [2.05, 4.69) is 9.97 Å². The van der Waals surface area contributed by atoms with Crippen LogP contribution in [0.2, 0.25) is 0 Å². The van der Waals surface area contributed by atoms with Gasteiger partial charge in [0.2, 0.25) is 0 Å². The van der Waals surface area contributed by atoms with E-state index in [1.807, 2.05) is 25.1 Å². The van der Waals surface area contributed by atoms with E-state index in [1.54, 1.807) is 30.5 Å². The first kappa shape index (κ1) is 17.6. The van der Waals surface area contributed by atoms with Crippen LogP contribution < -0.4 is 0 Å². The first-order chi connectivity index (χ1) is 13.9. The van der Waals surface area contributed by atoms with E-state index in [4.69, 9.17) is 0 Å². The zero-order valence-electron chi connectivity index (χ0n) is 15.4. The van der Waals surface area contributed by atoms with E-state index in [0.717, 1.165) is 26.4 Å². The van der Waals surface area contributed by atoms with Crippen LogP contribution in [-0.2, 0) is 10.0 Å². The molecule has 2 heterocycles. The van der Waals surface area contributed by atoms with Crippen molar-refractivity contribution in [2.75, 3.05) is 0 Å². The van der Waals surface area contributed by atoms with Gasteiger partial charge in [0.25, 0.3) is 10.0 Å². The molecule has 0 saturated carbocycles. The van der Waals surface area contributed by atoms with Crippen LogP contribution >= 0.6 is 0 Å². The van der Waals surface area contributed by atoms with Crippen molar-refractivity contribution in [1.82, 2.24) is 13.9 Å². The highest BCUT2D eigenvalue weighted by molar-refractivity contribution is 7.90. The number of imidazole rings is 1. The third-order valence-electron chi connectivity index (χ3n) is 4.95. The van der Waals surface area contributed by atoms with E-state index in [1.165, 1.54) is 24.3 Å². The molecule has 5 rings (SSSR count). The summed E-state index contributed by atoms with van der Waals surface area (Å²) in [5, 5.41) is 0.650. The molecular formula is C22H16FN3O2S. The average Bonchev–Trinajstić information content (AvgIpc) is 3.27. The number of aromatic nitrogens is 3. The van der Waals surface area contributed by atoms with Crippen LogP contribution in [0, 0.1) is 12.7 Å². The van der Waals surface area contributed by atoms with Crippen molar-refractivity contribution in [2.24, 2.45) is 0 Å². The number of hydrogen-bond acceptors (Lipinski definition) is 3. The van der Waals surface area contributed by atoms with Crippen LogP contribution in [0.3, 0.4) is 0 Å². The molecule has 0 spiro atoms. The Bertz CT molecular complexity index is 1490. The minimum atomic E-state index is -3.88. The molecule has 0 amide bonds. The molecule has 0 fully saturated rings. The minimum absolute atomic E-state index is 0.145. The lowest BCUT2D eigenvalue weighted by Crippen LogP contribution is -2.11. The van der Waals surface area contributed by atoms with Crippen molar-refractivity contribution >= 4 is 32.0 Å². The first-order valence-corrected chi connectivity index (χ1v) is 10.5. The zero-order chi connectivity index (χ0) is 20.2. The molecule has 0 bridgehead atoms. The lowest BCUT2D eigenvalue weighted by Gasteiger charge is -2.07. The summed E-state index contributed by atoms with van der Waals surface area (Å²) in [6.07, 6.45) is 1.55. The molecule has 29 heavy (non-hydrogen) atoms. The van der Waals surface area contributed by atoms with Crippen LogP contribution in [0.4, 0.5) is 4.39 Å². The maximum absolute atomic E-state index is 14.0. The Labute approximate surface area is 166 Å². The van der Waals surface area contributed by atoms with Crippen molar-refractivity contribution in [3.05, 3.63) is 84.6 Å². The molecule has 1 N–H and O–H groups in total. The van der Waals surface area contributed by atoms with Crippen LogP contribution in [0.5, 0.6) is 0 Å². The molecule has 0 radical (unpaired) electrons. The second-order valence-electron chi connectivity index (χ2n) is 6.87. The Balaban J connectivity index is 1.79. The number of aromatic amines is 1. The molecule has 5 aromatic rings. The van der Waals surface area contributed by atoms with Gasteiger partial charge in [-0.3, -0.25) is 0 Å². The summed E-state index contributed by atoms with van der Waals surface area (Å²) in [7, 11) is -3.88. The quantitative estimate of drug-likeness (QED) is 0.466. The molecule has 5 nitrogen and oxygen atoms in total. The van der Waals surface area contributed by atoms with Crippen LogP contribution in [0.1, 0.15) is 5.82 Å². The van der Waals surface area contributed by atoms with Gasteiger partial charge in [0, 0.05) is 17.1 Å². The van der Waals surface area contributed by atoms with Crippen molar-refractivity contribution in [3.63, 3.8) is 0 Å². The van der Waals surface area contributed by atoms with Crippen LogP contribution in [-0.4, -0.2) is 22.4 Å². The summed E-state index contributed by atoms with van der Waals surface area (Å²) in [6.45, 7) is 1.88. The number of fused-ring (bicyclic) bond motifs is 2. The predicted octanol–water partition coefficient (Wildman–Crippen LogP) is 4.87. The van der Waals surface area contributed by atoms with Gasteiger partial charge in [0.15, 0.2) is 0 Å². The molecule has 2 aromatic heterocycles. The fourth-order valence-electron chi connectivity index (χ4n) is 3.61. The first-order valence-electron chi connectivity index (χ1n) is 9.01. The number of hydrogen-bond donors (Lipinski definition) is 1. The molecule has 144 valence electrons. The Kier molecular flexibility index (Phi) is 3.82. The molecule has 0 aliphatic rings. The Morgan fingerprint density at radius 3 is 2.59 bits per heavy atom. The molecule has 0 aliphatic heterocycles. The predicted molar refractivity (Wildman–Crippen MR) is 111 cm³/mol. The number of benzene rings is 3. The second kappa shape index (κ2) is 6.28. The fraction of sp³-hybridized carbons (Fsp3) is 0.0455. The van der Waals surface area contributed by atoms with E-state index in [-0.39, 0.29) is 4.90 Å². The fourth-order valence-corrected chi connectivity index (χ4v) is 4.99. The van der Waals surface area contributed by atoms with Gasteiger partial charge in [0.1, 0.15) is 11.6 Å². The highest BCUT2D eigenvalue weighted by Crippen LogP contribution is 2.34. The van der Waals surface area contributed by atoms with Gasteiger partial charge in [0.05, 0.1) is 21.4 Å². The summed E-state index contributed by atoms with van der Waals surface area (Å²) in [4.78, 5) is 7.77. The van der Waals surface area contributed by atoms with Crippen molar-refractivity contribution < 1.29 is 12.8 Å². The monoisotopic (exact) mass is 405 g/mol. The molecule has 0 unspecified atom stereocenters. The van der Waals surface area contributed by atoms with Gasteiger partial charge < -0.3 is 4.98 Å². The highest BCUT2D eigenvalue weighted by Gasteiger charge is 2.22. The van der Waals surface area contributed by atoms with Crippen LogP contribution in [0.15, 0.2) is 77.8 Å². The molecule has 0 atom stereocenters. The maximum Gasteiger partial charge on any atom is 0.268 e. The molecular weight excluding hydrogens is 389 g/mol. The van der Waals surface area contributed by atoms with Crippen molar-refractivity contribution in [2.45, 2.75) is 11.8 Å². The Morgan fingerprint density at radius 1 is 1.00 bits per heavy atom. The lowest BCUT2D eigenvalue weighted by atomic mass is 10.0. The van der Waals surface area contributed by atoms with Gasteiger partial charge in [-0.15, -0.1) is 0 Å². The third-order valence-corrected chi connectivity index (χ3v) is 6.63. The van der Waals surface area contributed by atoms with Crippen molar-refractivity contribution in [1.29, 1.82) is 0 Å². The van der Waals surface area contributed by atoms with E-state index < -0.39 is 15.8 Å². The van der Waals surface area contributed by atoms with Gasteiger partial charge in [-0.25, -0.2) is 21.8 Å². The standard InChI is InChI=1S/C22H16FN3O2S/c1-14-24-20-10-7-15(11-21(20)25-14)19-13-26(22-12-16(23)8-9-18(19)22)29(27,28)17-5-3-2-4-6-17/h2-13H,1H3,(H,24,25). The SMILES string of the molecule is Cc1nc2cc(-c3cn(S(=O)(=O)c4ccccc4)c4cc(F)ccc34)ccc2[nH]1. The average molecular weight is 405 g/mol. The number of halogens is 1. The molecule has 0 aliphatic carbocycles. The summed E-state index contributed by atoms with van der Waals surface area (Å²) >= 11 is 0. The Hall–Kier alpha value is -3.45. The topological polar surface area (TPSA) is 67.8 Å². The summed E-state index contributed by atoms with van der Waals surface area (Å²) in [5.41, 5.74) is 3.48. The van der Waals surface area contributed by atoms with E-state index >= 15 is 0 Å². The summed E-state index contributed by atoms with van der Waals surface area (Å²) in [5.74, 6) is 0.304. The second-order valence-corrected chi connectivity index (χ2v) is 8.69. The molecule has 0 saturated heterocycles. The van der Waals surface area contributed by atoms with Gasteiger partial charge in [-0.05, 0) is 55.0 Å². The molecule has 3 aromatic carbocycles. The number of H-pyrrole nitrogens is 1.